The van der Waals surface area contributed by atoms with Gasteiger partial charge in [0, 0.05) is 19.1 Å². The average Bonchev–Trinajstić information content (AvgIpc) is 2.94. The predicted octanol–water partition coefficient (Wildman–Crippen LogP) is 1.89. The molecule has 2 aliphatic rings. The van der Waals surface area contributed by atoms with Crippen molar-refractivity contribution in [2.45, 2.75) is 50.7 Å². The molecule has 1 aliphatic heterocycles. The van der Waals surface area contributed by atoms with Crippen LogP contribution in [0.4, 0.5) is 0 Å². The molecule has 0 bridgehead atoms. The molecule has 1 heterocycles. The normalized spacial score (nSPS) is 25.5. The molecule has 3 N–H and O–H groups in total. The summed E-state index contributed by atoms with van der Waals surface area (Å²) in [5.74, 6) is 0.573. The number of amides is 1. The van der Waals surface area contributed by atoms with E-state index in [0.717, 1.165) is 45.3 Å². The summed E-state index contributed by atoms with van der Waals surface area (Å²) in [7, 11) is 0. The van der Waals surface area contributed by atoms with Crippen LogP contribution in [-0.4, -0.2) is 35.5 Å². The van der Waals surface area contributed by atoms with Gasteiger partial charge in [-0.3, -0.25) is 9.69 Å². The highest BCUT2D eigenvalue weighted by molar-refractivity contribution is 5.87. The van der Waals surface area contributed by atoms with Gasteiger partial charge in [0.25, 0.3) is 0 Å². The monoisotopic (exact) mass is 301 g/mol. The van der Waals surface area contributed by atoms with E-state index in [1.165, 1.54) is 5.56 Å². The van der Waals surface area contributed by atoms with Crippen molar-refractivity contribution in [3.05, 3.63) is 35.9 Å². The molecule has 1 aromatic carbocycles. The van der Waals surface area contributed by atoms with Crippen molar-refractivity contribution in [3.8, 4) is 0 Å². The van der Waals surface area contributed by atoms with E-state index in [4.69, 9.17) is 5.73 Å². The highest BCUT2D eigenvalue weighted by atomic mass is 16.2. The fraction of sp³-hybridized carbons (Fsp3) is 0.611. The van der Waals surface area contributed by atoms with Gasteiger partial charge in [0.15, 0.2) is 0 Å². The maximum Gasteiger partial charge on any atom is 0.240 e. The Bertz CT molecular complexity index is 512. The van der Waals surface area contributed by atoms with Crippen molar-refractivity contribution in [3.63, 3.8) is 0 Å². The summed E-state index contributed by atoms with van der Waals surface area (Å²) in [5.41, 5.74) is 6.87. The lowest BCUT2D eigenvalue weighted by Gasteiger charge is -2.37. The Morgan fingerprint density at radius 1 is 1.41 bits per heavy atom. The minimum Gasteiger partial charge on any atom is -0.352 e. The van der Waals surface area contributed by atoms with Crippen LogP contribution >= 0.6 is 0 Å². The number of carbonyl (C=O) groups excluding carboxylic acids is 1. The maximum atomic E-state index is 12.2. The van der Waals surface area contributed by atoms with Gasteiger partial charge in [-0.25, -0.2) is 0 Å². The fourth-order valence-corrected chi connectivity index (χ4v) is 3.51. The third kappa shape index (κ3) is 3.33. The number of hydrogen-bond donors (Lipinski definition) is 2. The van der Waals surface area contributed by atoms with Crippen LogP contribution in [0.15, 0.2) is 30.3 Å². The van der Waals surface area contributed by atoms with Crippen LogP contribution in [-0.2, 0) is 11.3 Å². The zero-order chi connectivity index (χ0) is 15.6. The zero-order valence-electron chi connectivity index (χ0n) is 13.4. The molecule has 120 valence electrons. The molecule has 4 heteroatoms. The largest absolute Gasteiger partial charge is 0.352 e. The van der Waals surface area contributed by atoms with Crippen molar-refractivity contribution in [1.82, 2.24) is 10.2 Å². The Morgan fingerprint density at radius 3 is 2.77 bits per heavy atom. The SMILES string of the molecule is CC(NC(=O)C1(N)CCC1)C1CCN(Cc2ccccc2)C1. The molecule has 22 heavy (non-hydrogen) atoms. The van der Waals surface area contributed by atoms with E-state index < -0.39 is 5.54 Å². The molecule has 0 aromatic heterocycles. The van der Waals surface area contributed by atoms with E-state index in [1.54, 1.807) is 0 Å². The number of nitrogens with zero attached hydrogens (tertiary/aromatic N) is 1. The van der Waals surface area contributed by atoms with E-state index in [9.17, 15) is 4.79 Å². The Morgan fingerprint density at radius 2 is 2.14 bits per heavy atom. The molecular formula is C18H27N3O. The zero-order valence-corrected chi connectivity index (χ0v) is 13.4. The number of rotatable bonds is 5. The highest BCUT2D eigenvalue weighted by Gasteiger charge is 2.41. The third-order valence-corrected chi connectivity index (χ3v) is 5.32. The average molecular weight is 301 g/mol. The summed E-state index contributed by atoms with van der Waals surface area (Å²) in [5, 5.41) is 3.16. The summed E-state index contributed by atoms with van der Waals surface area (Å²) >= 11 is 0. The minimum absolute atomic E-state index is 0.0489. The molecule has 3 rings (SSSR count). The third-order valence-electron chi connectivity index (χ3n) is 5.32. The predicted molar refractivity (Wildman–Crippen MR) is 88.2 cm³/mol. The maximum absolute atomic E-state index is 12.2. The van der Waals surface area contributed by atoms with Gasteiger partial charge in [-0.1, -0.05) is 30.3 Å². The fourth-order valence-electron chi connectivity index (χ4n) is 3.51. The van der Waals surface area contributed by atoms with Crippen LogP contribution in [0.2, 0.25) is 0 Å². The molecule has 2 unspecified atom stereocenters. The molecular weight excluding hydrogens is 274 g/mol. The van der Waals surface area contributed by atoms with Gasteiger partial charge in [0.2, 0.25) is 5.91 Å². The van der Waals surface area contributed by atoms with Crippen LogP contribution in [0.5, 0.6) is 0 Å². The van der Waals surface area contributed by atoms with E-state index >= 15 is 0 Å². The number of likely N-dealkylation sites (tertiary alicyclic amines) is 1. The molecule has 0 spiro atoms. The first kappa shape index (κ1) is 15.5. The number of hydrogen-bond acceptors (Lipinski definition) is 3. The lowest BCUT2D eigenvalue weighted by Crippen LogP contribution is -2.60. The first-order valence-corrected chi connectivity index (χ1v) is 8.43. The molecule has 1 saturated carbocycles. The van der Waals surface area contributed by atoms with Gasteiger partial charge in [-0.15, -0.1) is 0 Å². The van der Waals surface area contributed by atoms with E-state index in [-0.39, 0.29) is 11.9 Å². The van der Waals surface area contributed by atoms with Crippen LogP contribution in [0, 0.1) is 5.92 Å². The van der Waals surface area contributed by atoms with Crippen molar-refractivity contribution >= 4 is 5.91 Å². The Balaban J connectivity index is 1.48. The summed E-state index contributed by atoms with van der Waals surface area (Å²) in [6, 6.07) is 10.8. The summed E-state index contributed by atoms with van der Waals surface area (Å²) in [4.78, 5) is 14.7. The van der Waals surface area contributed by atoms with Gasteiger partial charge in [-0.2, -0.15) is 0 Å². The van der Waals surface area contributed by atoms with Gasteiger partial charge in [0.05, 0.1) is 5.54 Å². The molecule has 2 fully saturated rings. The van der Waals surface area contributed by atoms with Gasteiger partial charge < -0.3 is 11.1 Å². The van der Waals surface area contributed by atoms with E-state index in [0.29, 0.717) is 5.92 Å². The van der Waals surface area contributed by atoms with Gasteiger partial charge in [-0.05, 0) is 50.6 Å². The lowest BCUT2D eigenvalue weighted by atomic mass is 9.77. The molecule has 0 radical (unpaired) electrons. The van der Waals surface area contributed by atoms with Crippen LogP contribution in [0.1, 0.15) is 38.2 Å². The molecule has 1 amide bonds. The summed E-state index contributed by atoms with van der Waals surface area (Å²) < 4.78 is 0. The Kier molecular flexibility index (Phi) is 4.50. The molecule has 1 aromatic rings. The Hall–Kier alpha value is -1.39. The summed E-state index contributed by atoms with van der Waals surface area (Å²) in [6.07, 6.45) is 3.88. The molecule has 2 atom stereocenters. The summed E-state index contributed by atoms with van der Waals surface area (Å²) in [6.45, 7) is 5.27. The number of carbonyl (C=O) groups is 1. The van der Waals surface area contributed by atoms with Crippen molar-refractivity contribution in [1.29, 1.82) is 0 Å². The molecule has 1 saturated heterocycles. The van der Waals surface area contributed by atoms with Crippen molar-refractivity contribution in [2.75, 3.05) is 13.1 Å². The minimum atomic E-state index is -0.587. The lowest BCUT2D eigenvalue weighted by molar-refractivity contribution is -0.130. The van der Waals surface area contributed by atoms with Gasteiger partial charge >= 0.3 is 0 Å². The van der Waals surface area contributed by atoms with Crippen LogP contribution in [0.25, 0.3) is 0 Å². The topological polar surface area (TPSA) is 58.4 Å². The van der Waals surface area contributed by atoms with E-state index in [1.807, 2.05) is 0 Å². The second-order valence-corrected chi connectivity index (χ2v) is 7.04. The quantitative estimate of drug-likeness (QED) is 0.873. The standard InChI is InChI=1S/C18H27N3O/c1-14(20-17(22)18(19)9-5-10-18)16-8-11-21(13-16)12-15-6-3-2-4-7-15/h2-4,6-7,14,16H,5,8-13,19H2,1H3,(H,20,22). The van der Waals surface area contributed by atoms with Crippen molar-refractivity contribution in [2.24, 2.45) is 11.7 Å². The van der Waals surface area contributed by atoms with Crippen LogP contribution in [0.3, 0.4) is 0 Å². The number of nitrogens with two attached hydrogens (primary N) is 1. The molecule has 4 nitrogen and oxygen atoms in total. The second-order valence-electron chi connectivity index (χ2n) is 7.04. The van der Waals surface area contributed by atoms with Crippen LogP contribution < -0.4 is 11.1 Å². The first-order valence-electron chi connectivity index (χ1n) is 8.43. The number of benzene rings is 1. The first-order chi connectivity index (χ1) is 10.6. The Labute approximate surface area is 133 Å². The number of nitrogens with one attached hydrogen (secondary N) is 1. The van der Waals surface area contributed by atoms with Crippen molar-refractivity contribution < 1.29 is 4.79 Å². The molecule has 1 aliphatic carbocycles. The second kappa shape index (κ2) is 6.39. The smallest absolute Gasteiger partial charge is 0.240 e. The highest BCUT2D eigenvalue weighted by Crippen LogP contribution is 2.30. The van der Waals surface area contributed by atoms with E-state index in [2.05, 4.69) is 47.5 Å². The van der Waals surface area contributed by atoms with Gasteiger partial charge in [0.1, 0.15) is 0 Å².